The molecule has 0 saturated carbocycles. The lowest BCUT2D eigenvalue weighted by Crippen LogP contribution is -2.58. The number of piperazine rings is 1. The summed E-state index contributed by atoms with van der Waals surface area (Å²) in [6.45, 7) is 6.87. The molecule has 0 aromatic carbocycles. The minimum atomic E-state index is -0.594. The van der Waals surface area contributed by atoms with Gasteiger partial charge >= 0.3 is 0 Å². The molecule has 0 amide bonds. The summed E-state index contributed by atoms with van der Waals surface area (Å²) in [5.74, 6) is 0. The molecule has 1 atom stereocenters. The van der Waals surface area contributed by atoms with Crippen molar-refractivity contribution in [1.29, 1.82) is 0 Å². The first-order chi connectivity index (χ1) is 5.41. The molecule has 0 bridgehead atoms. The van der Waals surface area contributed by atoms with Gasteiger partial charge in [0, 0.05) is 19.6 Å². The molecule has 1 aliphatic heterocycles. The molecule has 1 aliphatic rings. The molecule has 0 spiro atoms. The van der Waals surface area contributed by atoms with Crippen LogP contribution in [-0.4, -0.2) is 60.3 Å². The fourth-order valence-electron chi connectivity index (χ4n) is 1.77. The normalized spacial score (nSPS) is 29.2. The van der Waals surface area contributed by atoms with Gasteiger partial charge in [-0.1, -0.05) is 0 Å². The van der Waals surface area contributed by atoms with Gasteiger partial charge in [-0.05, 0) is 27.9 Å². The second-order valence-corrected chi connectivity index (χ2v) is 4.41. The molecular formula is C9H20N2O. The quantitative estimate of drug-likeness (QED) is 0.603. The highest BCUT2D eigenvalue weighted by Gasteiger charge is 2.33. The van der Waals surface area contributed by atoms with Crippen LogP contribution in [0.25, 0.3) is 0 Å². The second kappa shape index (κ2) is 3.32. The lowest BCUT2D eigenvalue weighted by molar-refractivity contribution is -0.0422. The Morgan fingerprint density at radius 2 is 1.83 bits per heavy atom. The Kier molecular flexibility index (Phi) is 2.76. The van der Waals surface area contributed by atoms with E-state index in [-0.39, 0.29) is 6.04 Å². The molecule has 1 N–H and O–H groups in total. The maximum Gasteiger partial charge on any atom is 0.0758 e. The van der Waals surface area contributed by atoms with E-state index in [1.807, 2.05) is 13.8 Å². The van der Waals surface area contributed by atoms with Crippen LogP contribution in [0.5, 0.6) is 0 Å². The Bertz CT molecular complexity index is 153. The van der Waals surface area contributed by atoms with E-state index >= 15 is 0 Å². The topological polar surface area (TPSA) is 26.7 Å². The van der Waals surface area contributed by atoms with Crippen molar-refractivity contribution in [2.45, 2.75) is 25.5 Å². The fraction of sp³-hybridized carbons (Fsp3) is 1.00. The van der Waals surface area contributed by atoms with Crippen LogP contribution >= 0.6 is 0 Å². The molecule has 1 saturated heterocycles. The highest BCUT2D eigenvalue weighted by Crippen LogP contribution is 2.18. The molecule has 1 rings (SSSR count). The van der Waals surface area contributed by atoms with Crippen molar-refractivity contribution in [3.63, 3.8) is 0 Å². The molecule has 3 nitrogen and oxygen atoms in total. The van der Waals surface area contributed by atoms with Crippen molar-refractivity contribution < 1.29 is 5.11 Å². The zero-order valence-electron chi connectivity index (χ0n) is 8.54. The van der Waals surface area contributed by atoms with Crippen molar-refractivity contribution in [3.05, 3.63) is 0 Å². The molecule has 0 aliphatic carbocycles. The Morgan fingerprint density at radius 3 is 2.25 bits per heavy atom. The van der Waals surface area contributed by atoms with Crippen LogP contribution in [0.2, 0.25) is 0 Å². The van der Waals surface area contributed by atoms with Crippen LogP contribution in [0.3, 0.4) is 0 Å². The molecule has 0 aromatic heterocycles. The fourth-order valence-corrected chi connectivity index (χ4v) is 1.77. The first kappa shape index (κ1) is 9.96. The maximum absolute atomic E-state index is 9.86. The van der Waals surface area contributed by atoms with Gasteiger partial charge in [0.1, 0.15) is 0 Å². The van der Waals surface area contributed by atoms with E-state index in [9.17, 15) is 5.11 Å². The summed E-state index contributed by atoms with van der Waals surface area (Å²) in [6.07, 6.45) is 0. The van der Waals surface area contributed by atoms with Gasteiger partial charge in [-0.2, -0.15) is 0 Å². The molecular weight excluding hydrogens is 152 g/mol. The molecule has 0 aromatic rings. The van der Waals surface area contributed by atoms with Crippen molar-refractivity contribution in [2.75, 3.05) is 33.7 Å². The molecule has 1 heterocycles. The highest BCUT2D eigenvalue weighted by atomic mass is 16.3. The SMILES string of the molecule is CN1CCN(C)[C@@H](C(C)(C)O)C1. The molecule has 0 unspecified atom stereocenters. The number of aliphatic hydroxyl groups is 1. The van der Waals surface area contributed by atoms with Gasteiger partial charge in [-0.15, -0.1) is 0 Å². The zero-order chi connectivity index (χ0) is 9.35. The summed E-state index contributed by atoms with van der Waals surface area (Å²) < 4.78 is 0. The third kappa shape index (κ3) is 2.19. The number of nitrogens with zero attached hydrogens (tertiary/aromatic N) is 2. The second-order valence-electron chi connectivity index (χ2n) is 4.41. The van der Waals surface area contributed by atoms with E-state index in [1.165, 1.54) is 0 Å². The van der Waals surface area contributed by atoms with Crippen molar-refractivity contribution >= 4 is 0 Å². The molecule has 12 heavy (non-hydrogen) atoms. The number of hydrogen-bond donors (Lipinski definition) is 1. The third-order valence-electron chi connectivity index (χ3n) is 2.67. The van der Waals surface area contributed by atoms with Crippen molar-refractivity contribution in [3.8, 4) is 0 Å². The number of hydrogen-bond acceptors (Lipinski definition) is 3. The summed E-state index contributed by atoms with van der Waals surface area (Å²) in [5, 5.41) is 9.86. The van der Waals surface area contributed by atoms with Crippen molar-refractivity contribution in [2.24, 2.45) is 0 Å². The van der Waals surface area contributed by atoms with Crippen LogP contribution in [-0.2, 0) is 0 Å². The Hall–Kier alpha value is -0.120. The van der Waals surface area contributed by atoms with E-state index in [0.29, 0.717) is 0 Å². The lowest BCUT2D eigenvalue weighted by atomic mass is 9.95. The smallest absolute Gasteiger partial charge is 0.0758 e. The first-order valence-electron chi connectivity index (χ1n) is 4.52. The first-order valence-corrected chi connectivity index (χ1v) is 4.52. The van der Waals surface area contributed by atoms with E-state index < -0.39 is 5.60 Å². The largest absolute Gasteiger partial charge is 0.389 e. The van der Waals surface area contributed by atoms with Gasteiger partial charge in [-0.3, -0.25) is 4.90 Å². The molecule has 1 fully saturated rings. The minimum Gasteiger partial charge on any atom is -0.389 e. The number of rotatable bonds is 1. The zero-order valence-corrected chi connectivity index (χ0v) is 8.54. The van der Waals surface area contributed by atoms with Gasteiger partial charge in [0.15, 0.2) is 0 Å². The summed E-state index contributed by atoms with van der Waals surface area (Å²) in [7, 11) is 4.18. The van der Waals surface area contributed by atoms with E-state index in [2.05, 4.69) is 23.9 Å². The molecule has 72 valence electrons. The third-order valence-corrected chi connectivity index (χ3v) is 2.67. The average molecular weight is 172 g/mol. The number of likely N-dealkylation sites (N-methyl/N-ethyl adjacent to an activating group) is 2. The predicted octanol–water partition coefficient (Wildman–Crippen LogP) is 0.00310. The monoisotopic (exact) mass is 172 g/mol. The average Bonchev–Trinajstić information content (AvgIpc) is 1.92. The van der Waals surface area contributed by atoms with Crippen molar-refractivity contribution in [1.82, 2.24) is 9.80 Å². The molecule has 0 radical (unpaired) electrons. The van der Waals surface area contributed by atoms with Crippen LogP contribution in [0.15, 0.2) is 0 Å². The summed E-state index contributed by atoms with van der Waals surface area (Å²) in [6, 6.07) is 0.260. The van der Waals surface area contributed by atoms with Gasteiger partial charge in [0.25, 0.3) is 0 Å². The summed E-state index contributed by atoms with van der Waals surface area (Å²) in [5.41, 5.74) is -0.594. The van der Waals surface area contributed by atoms with Gasteiger partial charge in [-0.25, -0.2) is 0 Å². The van der Waals surface area contributed by atoms with Crippen LogP contribution in [0.4, 0.5) is 0 Å². The van der Waals surface area contributed by atoms with Gasteiger partial charge in [0.05, 0.1) is 11.6 Å². The van der Waals surface area contributed by atoms with E-state index in [4.69, 9.17) is 0 Å². The summed E-state index contributed by atoms with van der Waals surface area (Å²) in [4.78, 5) is 4.50. The van der Waals surface area contributed by atoms with Gasteiger partial charge < -0.3 is 10.0 Å². The van der Waals surface area contributed by atoms with Crippen LogP contribution < -0.4 is 0 Å². The highest BCUT2D eigenvalue weighted by molar-refractivity contribution is 4.89. The Balaban J connectivity index is 2.61. The predicted molar refractivity (Wildman–Crippen MR) is 50.2 cm³/mol. The maximum atomic E-state index is 9.86. The lowest BCUT2D eigenvalue weighted by Gasteiger charge is -2.43. The van der Waals surface area contributed by atoms with E-state index in [1.54, 1.807) is 0 Å². The van der Waals surface area contributed by atoms with Gasteiger partial charge in [0.2, 0.25) is 0 Å². The summed E-state index contributed by atoms with van der Waals surface area (Å²) >= 11 is 0. The standard InChI is InChI=1S/C9H20N2O/c1-9(2,12)8-7-10(3)5-6-11(8)4/h8,12H,5-7H2,1-4H3/t8-/m1/s1. The van der Waals surface area contributed by atoms with Crippen LogP contribution in [0, 0.1) is 0 Å². The minimum absolute atomic E-state index is 0.260. The van der Waals surface area contributed by atoms with E-state index in [0.717, 1.165) is 19.6 Å². The van der Waals surface area contributed by atoms with Crippen LogP contribution in [0.1, 0.15) is 13.8 Å². The molecule has 3 heteroatoms. The Morgan fingerprint density at radius 1 is 1.25 bits per heavy atom. The Labute approximate surface area is 75.0 Å².